The standard InChI is InChI=1S/C15H20FN3/c1-10-14(11(2)19-8-6-17-7-9-19)12-4-3-5-13(16)15(12)18-10/h3-5,11,17-18H,6-9H2,1-2H3. The van der Waals surface area contributed by atoms with Crippen molar-refractivity contribution in [3.63, 3.8) is 0 Å². The highest BCUT2D eigenvalue weighted by Crippen LogP contribution is 2.32. The van der Waals surface area contributed by atoms with Crippen molar-refractivity contribution >= 4 is 10.9 Å². The van der Waals surface area contributed by atoms with Gasteiger partial charge in [0.15, 0.2) is 0 Å². The molecular weight excluding hydrogens is 241 g/mol. The van der Waals surface area contributed by atoms with E-state index >= 15 is 0 Å². The number of para-hydroxylation sites is 1. The zero-order valence-corrected chi connectivity index (χ0v) is 11.5. The summed E-state index contributed by atoms with van der Waals surface area (Å²) in [6.45, 7) is 8.39. The second kappa shape index (κ2) is 4.94. The lowest BCUT2D eigenvalue weighted by Crippen LogP contribution is -2.44. The van der Waals surface area contributed by atoms with Gasteiger partial charge in [-0.15, -0.1) is 0 Å². The molecule has 0 radical (unpaired) electrons. The zero-order valence-electron chi connectivity index (χ0n) is 11.5. The molecule has 2 heterocycles. The lowest BCUT2D eigenvalue weighted by atomic mass is 10.0. The molecule has 1 aromatic heterocycles. The van der Waals surface area contributed by atoms with E-state index in [-0.39, 0.29) is 5.82 Å². The maximum atomic E-state index is 13.8. The lowest BCUT2D eigenvalue weighted by molar-refractivity contribution is 0.186. The molecule has 1 aliphatic heterocycles. The van der Waals surface area contributed by atoms with Crippen LogP contribution < -0.4 is 5.32 Å². The maximum absolute atomic E-state index is 13.8. The summed E-state index contributed by atoms with van der Waals surface area (Å²) < 4.78 is 13.8. The molecule has 1 saturated heterocycles. The molecule has 0 bridgehead atoms. The van der Waals surface area contributed by atoms with Crippen LogP contribution >= 0.6 is 0 Å². The Morgan fingerprint density at radius 2 is 2.00 bits per heavy atom. The fourth-order valence-electron chi connectivity index (χ4n) is 3.12. The Bertz CT molecular complexity index is 584. The van der Waals surface area contributed by atoms with Crippen LogP contribution in [0.1, 0.15) is 24.2 Å². The third kappa shape index (κ3) is 2.15. The molecule has 1 aromatic carbocycles. The van der Waals surface area contributed by atoms with Crippen molar-refractivity contribution in [1.29, 1.82) is 0 Å². The van der Waals surface area contributed by atoms with Crippen LogP contribution in [0.2, 0.25) is 0 Å². The van der Waals surface area contributed by atoms with E-state index in [1.165, 1.54) is 11.6 Å². The van der Waals surface area contributed by atoms with Gasteiger partial charge >= 0.3 is 0 Å². The number of aryl methyl sites for hydroxylation is 1. The molecule has 1 unspecified atom stereocenters. The summed E-state index contributed by atoms with van der Waals surface area (Å²) in [5.74, 6) is -0.167. The average Bonchev–Trinajstić information content (AvgIpc) is 2.77. The number of H-pyrrole nitrogens is 1. The van der Waals surface area contributed by atoms with E-state index in [4.69, 9.17) is 0 Å². The van der Waals surface area contributed by atoms with Crippen molar-refractivity contribution in [1.82, 2.24) is 15.2 Å². The molecule has 2 aromatic rings. The third-order valence-corrected chi connectivity index (χ3v) is 4.14. The fraction of sp³-hybridized carbons (Fsp3) is 0.467. The zero-order chi connectivity index (χ0) is 13.4. The highest BCUT2D eigenvalue weighted by atomic mass is 19.1. The second-order valence-electron chi connectivity index (χ2n) is 5.29. The summed E-state index contributed by atoms with van der Waals surface area (Å²) in [6.07, 6.45) is 0. The molecule has 1 fully saturated rings. The van der Waals surface area contributed by atoms with E-state index in [0.717, 1.165) is 37.3 Å². The largest absolute Gasteiger partial charge is 0.356 e. The van der Waals surface area contributed by atoms with E-state index < -0.39 is 0 Å². The monoisotopic (exact) mass is 261 g/mol. The molecule has 3 nitrogen and oxygen atoms in total. The highest BCUT2D eigenvalue weighted by Gasteiger charge is 2.23. The van der Waals surface area contributed by atoms with E-state index in [9.17, 15) is 4.39 Å². The molecule has 0 aliphatic carbocycles. The molecule has 1 aliphatic rings. The highest BCUT2D eigenvalue weighted by molar-refractivity contribution is 5.85. The smallest absolute Gasteiger partial charge is 0.147 e. The second-order valence-corrected chi connectivity index (χ2v) is 5.29. The molecule has 19 heavy (non-hydrogen) atoms. The Morgan fingerprint density at radius 1 is 1.26 bits per heavy atom. The number of halogens is 1. The van der Waals surface area contributed by atoms with Gasteiger partial charge < -0.3 is 10.3 Å². The Kier molecular flexibility index (Phi) is 3.29. The number of aromatic amines is 1. The van der Waals surface area contributed by atoms with Gasteiger partial charge in [-0.25, -0.2) is 4.39 Å². The number of hydrogen-bond acceptors (Lipinski definition) is 2. The number of rotatable bonds is 2. The number of fused-ring (bicyclic) bond motifs is 1. The molecule has 2 N–H and O–H groups in total. The molecular formula is C15H20FN3. The van der Waals surface area contributed by atoms with E-state index in [0.29, 0.717) is 11.6 Å². The summed E-state index contributed by atoms with van der Waals surface area (Å²) in [6, 6.07) is 5.63. The molecule has 0 saturated carbocycles. The van der Waals surface area contributed by atoms with Gasteiger partial charge in [-0.2, -0.15) is 0 Å². The van der Waals surface area contributed by atoms with Crippen molar-refractivity contribution < 1.29 is 4.39 Å². The summed E-state index contributed by atoms with van der Waals surface area (Å²) in [4.78, 5) is 5.65. The number of aromatic nitrogens is 1. The van der Waals surface area contributed by atoms with Crippen LogP contribution in [-0.2, 0) is 0 Å². The van der Waals surface area contributed by atoms with E-state index in [1.54, 1.807) is 6.07 Å². The van der Waals surface area contributed by atoms with E-state index in [1.807, 2.05) is 13.0 Å². The van der Waals surface area contributed by atoms with Crippen LogP contribution in [0.15, 0.2) is 18.2 Å². The van der Waals surface area contributed by atoms with Crippen molar-refractivity contribution in [3.8, 4) is 0 Å². The average molecular weight is 261 g/mol. The van der Waals surface area contributed by atoms with Crippen LogP contribution in [0.4, 0.5) is 4.39 Å². The molecule has 1 atom stereocenters. The SMILES string of the molecule is Cc1[nH]c2c(F)cccc2c1C(C)N1CCNCC1. The molecule has 0 amide bonds. The van der Waals surface area contributed by atoms with Gasteiger partial charge in [-0.1, -0.05) is 12.1 Å². The Hall–Kier alpha value is -1.39. The van der Waals surface area contributed by atoms with Crippen LogP contribution in [0.3, 0.4) is 0 Å². The van der Waals surface area contributed by atoms with Crippen molar-refractivity contribution in [2.45, 2.75) is 19.9 Å². The van der Waals surface area contributed by atoms with Gasteiger partial charge in [0, 0.05) is 43.3 Å². The minimum atomic E-state index is -0.167. The fourth-order valence-corrected chi connectivity index (χ4v) is 3.12. The first-order valence-corrected chi connectivity index (χ1v) is 6.90. The summed E-state index contributed by atoms with van der Waals surface area (Å²) in [7, 11) is 0. The minimum absolute atomic E-state index is 0.167. The van der Waals surface area contributed by atoms with Gasteiger partial charge in [0.25, 0.3) is 0 Å². The summed E-state index contributed by atoms with van der Waals surface area (Å²) >= 11 is 0. The van der Waals surface area contributed by atoms with Crippen LogP contribution in [0.25, 0.3) is 10.9 Å². The quantitative estimate of drug-likeness (QED) is 0.870. The van der Waals surface area contributed by atoms with Crippen molar-refractivity contribution in [2.24, 2.45) is 0 Å². The van der Waals surface area contributed by atoms with Gasteiger partial charge in [0.2, 0.25) is 0 Å². The first-order chi connectivity index (χ1) is 9.18. The Morgan fingerprint density at radius 3 is 2.74 bits per heavy atom. The van der Waals surface area contributed by atoms with Gasteiger partial charge in [-0.05, 0) is 25.5 Å². The first-order valence-electron chi connectivity index (χ1n) is 6.90. The van der Waals surface area contributed by atoms with Crippen LogP contribution in [0.5, 0.6) is 0 Å². The first kappa shape index (κ1) is 12.6. The van der Waals surface area contributed by atoms with Gasteiger partial charge in [0.05, 0.1) is 5.52 Å². The molecule has 3 rings (SSSR count). The predicted octanol–water partition coefficient (Wildman–Crippen LogP) is 2.58. The maximum Gasteiger partial charge on any atom is 0.147 e. The van der Waals surface area contributed by atoms with Gasteiger partial charge in [-0.3, -0.25) is 4.90 Å². The van der Waals surface area contributed by atoms with E-state index in [2.05, 4.69) is 22.1 Å². The third-order valence-electron chi connectivity index (χ3n) is 4.14. The lowest BCUT2D eigenvalue weighted by Gasteiger charge is -2.33. The number of nitrogens with zero attached hydrogens (tertiary/aromatic N) is 1. The Labute approximate surface area is 112 Å². The number of piperazine rings is 1. The summed E-state index contributed by atoms with van der Waals surface area (Å²) in [5.41, 5.74) is 2.94. The minimum Gasteiger partial charge on any atom is -0.356 e. The van der Waals surface area contributed by atoms with Crippen LogP contribution in [0, 0.1) is 12.7 Å². The van der Waals surface area contributed by atoms with Crippen molar-refractivity contribution in [2.75, 3.05) is 26.2 Å². The normalized spacial score (nSPS) is 18.9. The molecule has 4 heteroatoms. The topological polar surface area (TPSA) is 31.1 Å². The predicted molar refractivity (Wildman–Crippen MR) is 75.9 cm³/mol. The van der Waals surface area contributed by atoms with Crippen molar-refractivity contribution in [3.05, 3.63) is 35.3 Å². The summed E-state index contributed by atoms with van der Waals surface area (Å²) in [5, 5.41) is 4.38. The number of hydrogen-bond donors (Lipinski definition) is 2. The number of benzene rings is 1. The van der Waals surface area contributed by atoms with Crippen LogP contribution in [-0.4, -0.2) is 36.1 Å². The molecule has 102 valence electrons. The molecule has 0 spiro atoms. The number of nitrogens with one attached hydrogen (secondary N) is 2. The van der Waals surface area contributed by atoms with Gasteiger partial charge in [0.1, 0.15) is 5.82 Å². The Balaban J connectivity index is 2.03.